The normalized spacial score (nSPS) is 12.0. The van der Waals surface area contributed by atoms with Gasteiger partial charge in [-0.15, -0.1) is 0 Å². The summed E-state index contributed by atoms with van der Waals surface area (Å²) in [5.74, 6) is 0.820. The predicted octanol–water partition coefficient (Wildman–Crippen LogP) is 2.72. The van der Waals surface area contributed by atoms with Gasteiger partial charge in [0.05, 0.1) is 6.20 Å². The van der Waals surface area contributed by atoms with Crippen LogP contribution in [0.25, 0.3) is 0 Å². The molecule has 1 aromatic heterocycles. The van der Waals surface area contributed by atoms with Crippen molar-refractivity contribution in [1.82, 2.24) is 10.2 Å². The van der Waals surface area contributed by atoms with Crippen molar-refractivity contribution in [2.75, 3.05) is 5.32 Å². The van der Waals surface area contributed by atoms with Crippen LogP contribution in [0, 0.1) is 0 Å². The standard InChI is InChI=1S/C11H16N4/c1-4-9(2)12-7-5-10(3)14-11-6-8-13-15-11/h5-8H,3-4H2,1-2H3,(H2,13,14,15)/b7-5-,12-9?. The van der Waals surface area contributed by atoms with Crippen molar-refractivity contribution in [1.29, 1.82) is 0 Å². The van der Waals surface area contributed by atoms with E-state index < -0.39 is 0 Å². The van der Waals surface area contributed by atoms with Crippen LogP contribution in [-0.4, -0.2) is 15.9 Å². The van der Waals surface area contributed by atoms with E-state index in [0.29, 0.717) is 0 Å². The molecule has 15 heavy (non-hydrogen) atoms. The van der Waals surface area contributed by atoms with E-state index in [1.807, 2.05) is 19.1 Å². The van der Waals surface area contributed by atoms with Gasteiger partial charge in [-0.1, -0.05) is 13.5 Å². The van der Waals surface area contributed by atoms with Gasteiger partial charge in [-0.25, -0.2) is 0 Å². The molecule has 1 aromatic rings. The fourth-order valence-corrected chi connectivity index (χ4v) is 0.886. The second-order valence-corrected chi connectivity index (χ2v) is 3.15. The molecule has 0 saturated carbocycles. The van der Waals surface area contributed by atoms with Crippen molar-refractivity contribution >= 4 is 11.5 Å². The molecular formula is C11H16N4. The minimum Gasteiger partial charge on any atom is -0.341 e. The lowest BCUT2D eigenvalue weighted by molar-refractivity contribution is 1.09. The Kier molecular flexibility index (Phi) is 4.34. The lowest BCUT2D eigenvalue weighted by Crippen LogP contribution is -1.95. The highest BCUT2D eigenvalue weighted by Crippen LogP contribution is 2.03. The van der Waals surface area contributed by atoms with E-state index in [1.54, 1.807) is 12.4 Å². The van der Waals surface area contributed by atoms with Crippen LogP contribution >= 0.6 is 0 Å². The number of aromatic amines is 1. The Morgan fingerprint density at radius 2 is 2.53 bits per heavy atom. The number of hydrogen-bond donors (Lipinski definition) is 2. The third kappa shape index (κ3) is 4.26. The van der Waals surface area contributed by atoms with Crippen molar-refractivity contribution in [3.05, 3.63) is 36.8 Å². The van der Waals surface area contributed by atoms with E-state index in [2.05, 4.69) is 34.0 Å². The molecule has 0 fully saturated rings. The molecule has 0 unspecified atom stereocenters. The first-order valence-corrected chi connectivity index (χ1v) is 4.87. The SMILES string of the molecule is C=C(/C=C\N=C(C)CC)Nc1ccn[nH]1. The first-order chi connectivity index (χ1) is 7.22. The molecule has 0 radical (unpaired) electrons. The summed E-state index contributed by atoms with van der Waals surface area (Å²) in [5, 5.41) is 9.65. The first-order valence-electron chi connectivity index (χ1n) is 4.87. The van der Waals surface area contributed by atoms with Crippen LogP contribution in [0.1, 0.15) is 20.3 Å². The minimum atomic E-state index is 0.770. The fraction of sp³-hybridized carbons (Fsp3) is 0.273. The summed E-state index contributed by atoms with van der Waals surface area (Å²) in [6.45, 7) is 7.91. The number of allylic oxidation sites excluding steroid dienone is 1. The van der Waals surface area contributed by atoms with Crippen molar-refractivity contribution in [3.8, 4) is 0 Å². The number of nitrogens with one attached hydrogen (secondary N) is 2. The molecule has 4 heteroatoms. The summed E-state index contributed by atoms with van der Waals surface area (Å²) in [6, 6.07) is 1.83. The van der Waals surface area contributed by atoms with E-state index in [9.17, 15) is 0 Å². The highest BCUT2D eigenvalue weighted by molar-refractivity contribution is 5.82. The molecule has 0 spiro atoms. The van der Waals surface area contributed by atoms with Gasteiger partial charge in [0.15, 0.2) is 0 Å². The molecule has 0 aliphatic rings. The fourth-order valence-electron chi connectivity index (χ4n) is 0.886. The molecule has 0 bridgehead atoms. The summed E-state index contributed by atoms with van der Waals surface area (Å²) < 4.78 is 0. The predicted molar refractivity (Wildman–Crippen MR) is 63.9 cm³/mol. The zero-order chi connectivity index (χ0) is 11.1. The summed E-state index contributed by atoms with van der Waals surface area (Å²) in [4.78, 5) is 4.22. The Bertz CT molecular complexity index is 360. The summed E-state index contributed by atoms with van der Waals surface area (Å²) >= 11 is 0. The Balaban J connectivity index is 2.43. The van der Waals surface area contributed by atoms with Crippen molar-refractivity contribution < 1.29 is 0 Å². The van der Waals surface area contributed by atoms with E-state index in [4.69, 9.17) is 0 Å². The van der Waals surface area contributed by atoms with Crippen LogP contribution in [0.4, 0.5) is 5.82 Å². The first kappa shape index (κ1) is 11.2. The number of aliphatic imine (C=N–C) groups is 1. The molecule has 1 rings (SSSR count). The van der Waals surface area contributed by atoms with Crippen molar-refractivity contribution in [2.45, 2.75) is 20.3 Å². The molecule has 0 atom stereocenters. The van der Waals surface area contributed by atoms with Gasteiger partial charge in [-0.05, 0) is 19.4 Å². The van der Waals surface area contributed by atoms with Gasteiger partial charge in [-0.3, -0.25) is 10.1 Å². The van der Waals surface area contributed by atoms with E-state index in [-0.39, 0.29) is 0 Å². The monoisotopic (exact) mass is 204 g/mol. The van der Waals surface area contributed by atoms with E-state index in [0.717, 1.165) is 23.6 Å². The number of nitrogens with zero attached hydrogens (tertiary/aromatic N) is 2. The molecule has 4 nitrogen and oxygen atoms in total. The molecule has 0 amide bonds. The maximum atomic E-state index is 4.22. The second kappa shape index (κ2) is 5.80. The molecule has 0 aromatic carbocycles. The van der Waals surface area contributed by atoms with Crippen molar-refractivity contribution in [2.24, 2.45) is 4.99 Å². The van der Waals surface area contributed by atoms with E-state index >= 15 is 0 Å². The van der Waals surface area contributed by atoms with Crippen molar-refractivity contribution in [3.63, 3.8) is 0 Å². The Labute approximate surface area is 89.8 Å². The van der Waals surface area contributed by atoms with Crippen LogP contribution < -0.4 is 5.32 Å². The number of anilines is 1. The zero-order valence-corrected chi connectivity index (χ0v) is 9.12. The third-order valence-electron chi connectivity index (χ3n) is 1.88. The zero-order valence-electron chi connectivity index (χ0n) is 9.12. The number of hydrogen-bond acceptors (Lipinski definition) is 3. The summed E-state index contributed by atoms with van der Waals surface area (Å²) in [7, 11) is 0. The molecular weight excluding hydrogens is 188 g/mol. The van der Waals surface area contributed by atoms with E-state index in [1.165, 1.54) is 0 Å². The number of rotatable bonds is 5. The van der Waals surface area contributed by atoms with Gasteiger partial charge in [0.2, 0.25) is 0 Å². The highest BCUT2D eigenvalue weighted by atomic mass is 15.2. The Morgan fingerprint density at radius 3 is 3.13 bits per heavy atom. The lowest BCUT2D eigenvalue weighted by Gasteiger charge is -2.00. The Morgan fingerprint density at radius 1 is 1.73 bits per heavy atom. The summed E-state index contributed by atoms with van der Waals surface area (Å²) in [5.41, 5.74) is 1.87. The second-order valence-electron chi connectivity index (χ2n) is 3.15. The van der Waals surface area contributed by atoms with Gasteiger partial charge in [-0.2, -0.15) is 5.10 Å². The van der Waals surface area contributed by atoms with Gasteiger partial charge in [0, 0.05) is 23.7 Å². The van der Waals surface area contributed by atoms with Gasteiger partial charge in [0.25, 0.3) is 0 Å². The minimum absolute atomic E-state index is 0.770. The average Bonchev–Trinajstić information content (AvgIpc) is 2.70. The van der Waals surface area contributed by atoms with Crippen LogP contribution in [-0.2, 0) is 0 Å². The molecule has 0 aliphatic heterocycles. The van der Waals surface area contributed by atoms with Gasteiger partial charge >= 0.3 is 0 Å². The quantitative estimate of drug-likeness (QED) is 0.572. The topological polar surface area (TPSA) is 53.1 Å². The highest BCUT2D eigenvalue weighted by Gasteiger charge is 1.91. The largest absolute Gasteiger partial charge is 0.341 e. The van der Waals surface area contributed by atoms with Crippen LogP contribution in [0.2, 0.25) is 0 Å². The van der Waals surface area contributed by atoms with Gasteiger partial charge < -0.3 is 5.32 Å². The number of H-pyrrole nitrogens is 1. The third-order valence-corrected chi connectivity index (χ3v) is 1.88. The molecule has 0 aliphatic carbocycles. The van der Waals surface area contributed by atoms with Crippen LogP contribution in [0.15, 0.2) is 41.8 Å². The maximum Gasteiger partial charge on any atom is 0.125 e. The summed E-state index contributed by atoms with van der Waals surface area (Å²) in [6.07, 6.45) is 6.20. The lowest BCUT2D eigenvalue weighted by atomic mass is 10.3. The molecule has 2 N–H and O–H groups in total. The average molecular weight is 204 g/mol. The molecule has 1 heterocycles. The van der Waals surface area contributed by atoms with Crippen LogP contribution in [0.5, 0.6) is 0 Å². The molecule has 80 valence electrons. The maximum absolute atomic E-state index is 4.22. The van der Waals surface area contributed by atoms with Gasteiger partial charge in [0.1, 0.15) is 5.82 Å². The molecule has 0 saturated heterocycles. The smallest absolute Gasteiger partial charge is 0.125 e. The Hall–Kier alpha value is -1.84. The number of aromatic nitrogens is 2. The van der Waals surface area contributed by atoms with Crippen LogP contribution in [0.3, 0.4) is 0 Å².